The summed E-state index contributed by atoms with van der Waals surface area (Å²) in [5.74, 6) is 5.80. The van der Waals surface area contributed by atoms with E-state index in [2.05, 4.69) is 26.9 Å². The Balaban J connectivity index is 2.10. The fourth-order valence-electron chi connectivity index (χ4n) is 2.59. The predicted molar refractivity (Wildman–Crippen MR) is 84.5 cm³/mol. The summed E-state index contributed by atoms with van der Waals surface area (Å²) in [7, 11) is 1.53. The molecule has 0 saturated carbocycles. The standard InChI is InChI=1S/C14H18N6O4/c1-23-4-2-3-7-11-12(15)17-14(16)18-13(11)20(19-7)10-5-8(22)9(6-21)24-10/h8-10,21-22H,4-6H2,1H3,(H4,15,16,17,18). The molecule has 1 aliphatic rings. The monoisotopic (exact) mass is 334 g/mol. The van der Waals surface area contributed by atoms with Crippen LogP contribution in [0.5, 0.6) is 0 Å². The van der Waals surface area contributed by atoms with Crippen LogP contribution in [0.3, 0.4) is 0 Å². The molecule has 3 rings (SSSR count). The van der Waals surface area contributed by atoms with E-state index in [1.165, 1.54) is 11.8 Å². The summed E-state index contributed by atoms with van der Waals surface area (Å²) in [4.78, 5) is 8.11. The topological polar surface area (TPSA) is 155 Å². The summed E-state index contributed by atoms with van der Waals surface area (Å²) in [6.07, 6.45) is -1.87. The Morgan fingerprint density at radius 3 is 2.88 bits per heavy atom. The number of ether oxygens (including phenoxy) is 2. The second-order valence-electron chi connectivity index (χ2n) is 5.31. The molecule has 0 bridgehead atoms. The molecule has 3 heterocycles. The molecule has 1 aliphatic heterocycles. The van der Waals surface area contributed by atoms with Crippen molar-refractivity contribution in [3.63, 3.8) is 0 Å². The smallest absolute Gasteiger partial charge is 0.224 e. The highest BCUT2D eigenvalue weighted by Gasteiger charge is 2.36. The van der Waals surface area contributed by atoms with E-state index in [1.54, 1.807) is 0 Å². The van der Waals surface area contributed by atoms with Gasteiger partial charge >= 0.3 is 0 Å². The number of nitrogens with two attached hydrogens (primary N) is 2. The van der Waals surface area contributed by atoms with Crippen LogP contribution in [0, 0.1) is 11.8 Å². The number of aliphatic hydroxyl groups is 2. The van der Waals surface area contributed by atoms with Crippen molar-refractivity contribution >= 4 is 22.8 Å². The van der Waals surface area contributed by atoms with Crippen molar-refractivity contribution in [2.24, 2.45) is 0 Å². The van der Waals surface area contributed by atoms with Crippen LogP contribution in [0.1, 0.15) is 18.3 Å². The molecule has 0 radical (unpaired) electrons. The van der Waals surface area contributed by atoms with Crippen LogP contribution >= 0.6 is 0 Å². The van der Waals surface area contributed by atoms with Crippen molar-refractivity contribution < 1.29 is 19.7 Å². The number of aromatic nitrogens is 4. The summed E-state index contributed by atoms with van der Waals surface area (Å²) < 4.78 is 12.0. The fourth-order valence-corrected chi connectivity index (χ4v) is 2.59. The van der Waals surface area contributed by atoms with Gasteiger partial charge in [-0.15, -0.1) is 0 Å². The number of fused-ring (bicyclic) bond motifs is 1. The molecule has 0 spiro atoms. The molecule has 3 unspecified atom stereocenters. The van der Waals surface area contributed by atoms with Crippen molar-refractivity contribution in [3.05, 3.63) is 5.69 Å². The lowest BCUT2D eigenvalue weighted by Crippen LogP contribution is -2.24. The number of hydrogen-bond donors (Lipinski definition) is 4. The highest BCUT2D eigenvalue weighted by atomic mass is 16.5. The maximum Gasteiger partial charge on any atom is 0.224 e. The number of hydrogen-bond acceptors (Lipinski definition) is 9. The second-order valence-corrected chi connectivity index (χ2v) is 5.31. The molecule has 1 fully saturated rings. The van der Waals surface area contributed by atoms with E-state index in [0.717, 1.165) is 0 Å². The molecule has 0 amide bonds. The number of anilines is 2. The van der Waals surface area contributed by atoms with E-state index in [0.29, 0.717) is 16.7 Å². The van der Waals surface area contributed by atoms with Gasteiger partial charge in [0.2, 0.25) is 5.95 Å². The highest BCUT2D eigenvalue weighted by molar-refractivity contribution is 5.91. The van der Waals surface area contributed by atoms with E-state index < -0.39 is 18.4 Å². The summed E-state index contributed by atoms with van der Waals surface area (Å²) in [5, 5.41) is 24.0. The number of aliphatic hydroxyl groups excluding tert-OH is 2. The quantitative estimate of drug-likeness (QED) is 0.497. The van der Waals surface area contributed by atoms with Crippen molar-refractivity contribution in [1.29, 1.82) is 0 Å². The Hall–Kier alpha value is -2.45. The second kappa shape index (κ2) is 6.58. The third-order valence-corrected chi connectivity index (χ3v) is 3.68. The lowest BCUT2D eigenvalue weighted by atomic mass is 10.2. The maximum absolute atomic E-state index is 9.93. The van der Waals surface area contributed by atoms with Crippen LogP contribution in [-0.2, 0) is 9.47 Å². The minimum Gasteiger partial charge on any atom is -0.394 e. The normalized spacial score (nSPS) is 23.4. The first kappa shape index (κ1) is 16.4. The van der Waals surface area contributed by atoms with Crippen LogP contribution in [0.25, 0.3) is 11.0 Å². The first-order valence-electron chi connectivity index (χ1n) is 7.28. The minimum atomic E-state index is -0.807. The summed E-state index contributed by atoms with van der Waals surface area (Å²) >= 11 is 0. The van der Waals surface area contributed by atoms with Crippen LogP contribution < -0.4 is 11.5 Å². The molecule has 2 aromatic rings. The SMILES string of the molecule is COCC#Cc1nn(C2CC(O)C(CO)O2)c2nc(N)nc(N)c12. The first-order valence-corrected chi connectivity index (χ1v) is 7.28. The zero-order valence-electron chi connectivity index (χ0n) is 13.0. The lowest BCUT2D eigenvalue weighted by molar-refractivity contribution is -0.0470. The van der Waals surface area contributed by atoms with Gasteiger partial charge in [0.05, 0.1) is 18.1 Å². The molecule has 10 heteroatoms. The maximum atomic E-state index is 9.93. The number of nitrogen functional groups attached to an aromatic ring is 2. The molecule has 0 aromatic carbocycles. The molecule has 0 aliphatic carbocycles. The third kappa shape index (κ3) is 2.85. The molecule has 128 valence electrons. The summed E-state index contributed by atoms with van der Waals surface area (Å²) in [6.45, 7) is -0.0635. The molecule has 2 aromatic heterocycles. The molecule has 10 nitrogen and oxygen atoms in total. The van der Waals surface area contributed by atoms with Crippen molar-refractivity contribution in [3.8, 4) is 11.8 Å². The van der Waals surface area contributed by atoms with Gasteiger partial charge in [-0.05, 0) is 5.92 Å². The van der Waals surface area contributed by atoms with Crippen LogP contribution in [0.4, 0.5) is 11.8 Å². The van der Waals surface area contributed by atoms with Crippen LogP contribution in [0.15, 0.2) is 0 Å². The molecular weight excluding hydrogens is 316 g/mol. The number of nitrogens with zero attached hydrogens (tertiary/aromatic N) is 4. The first-order chi connectivity index (χ1) is 11.5. The lowest BCUT2D eigenvalue weighted by Gasteiger charge is -2.12. The average molecular weight is 334 g/mol. The zero-order valence-corrected chi connectivity index (χ0v) is 13.0. The minimum absolute atomic E-state index is 0.00481. The predicted octanol–water partition coefficient (Wildman–Crippen LogP) is -1.37. The molecule has 6 N–H and O–H groups in total. The van der Waals surface area contributed by atoms with Gasteiger partial charge in [-0.25, -0.2) is 4.68 Å². The van der Waals surface area contributed by atoms with Crippen molar-refractivity contribution in [2.45, 2.75) is 24.9 Å². The molecule has 1 saturated heterocycles. The molecular formula is C14H18N6O4. The van der Waals surface area contributed by atoms with Gasteiger partial charge in [0.15, 0.2) is 11.9 Å². The van der Waals surface area contributed by atoms with Gasteiger partial charge in [0.25, 0.3) is 0 Å². The Morgan fingerprint density at radius 2 is 2.21 bits per heavy atom. The summed E-state index contributed by atoms with van der Waals surface area (Å²) in [6, 6.07) is 0. The van der Waals surface area contributed by atoms with Gasteiger partial charge in [0, 0.05) is 13.5 Å². The molecule has 3 atom stereocenters. The van der Waals surface area contributed by atoms with E-state index in [9.17, 15) is 10.2 Å². The largest absolute Gasteiger partial charge is 0.394 e. The Morgan fingerprint density at radius 1 is 1.42 bits per heavy atom. The van der Waals surface area contributed by atoms with Gasteiger partial charge in [-0.3, -0.25) is 0 Å². The highest BCUT2D eigenvalue weighted by Crippen LogP contribution is 2.32. The van der Waals surface area contributed by atoms with Crippen LogP contribution in [-0.4, -0.2) is 62.5 Å². The van der Waals surface area contributed by atoms with Crippen molar-refractivity contribution in [1.82, 2.24) is 19.7 Å². The van der Waals surface area contributed by atoms with E-state index >= 15 is 0 Å². The van der Waals surface area contributed by atoms with Gasteiger partial charge < -0.3 is 31.2 Å². The van der Waals surface area contributed by atoms with E-state index in [4.69, 9.17) is 20.9 Å². The Bertz CT molecular complexity index is 811. The number of rotatable bonds is 3. The average Bonchev–Trinajstić information content (AvgIpc) is 3.08. The van der Waals surface area contributed by atoms with E-state index in [-0.39, 0.29) is 31.4 Å². The molecule has 24 heavy (non-hydrogen) atoms. The third-order valence-electron chi connectivity index (χ3n) is 3.68. The van der Waals surface area contributed by atoms with Gasteiger partial charge in [-0.1, -0.05) is 5.92 Å². The van der Waals surface area contributed by atoms with Gasteiger partial charge in [0.1, 0.15) is 24.2 Å². The van der Waals surface area contributed by atoms with Gasteiger partial charge in [-0.2, -0.15) is 15.1 Å². The zero-order chi connectivity index (χ0) is 17.3. The van der Waals surface area contributed by atoms with E-state index in [1.807, 2.05) is 0 Å². The summed E-state index contributed by atoms with van der Waals surface area (Å²) in [5.41, 5.74) is 12.3. The Labute approximate surface area is 137 Å². The Kier molecular flexibility index (Phi) is 4.50. The fraction of sp³-hybridized carbons (Fsp3) is 0.500. The van der Waals surface area contributed by atoms with Crippen LogP contribution in [0.2, 0.25) is 0 Å². The van der Waals surface area contributed by atoms with Crippen molar-refractivity contribution in [2.75, 3.05) is 31.8 Å². The number of methoxy groups -OCH3 is 1.